The maximum Gasteiger partial charge on any atom is 0.519 e. The lowest BCUT2D eigenvalue weighted by atomic mass is 10.5. The van der Waals surface area contributed by atoms with Gasteiger partial charge in [0, 0.05) is 9.90 Å². The average Bonchev–Trinajstić information content (AvgIpc) is 3.05. The predicted octanol–water partition coefficient (Wildman–Crippen LogP) is 2.97. The van der Waals surface area contributed by atoms with Crippen LogP contribution in [-0.4, -0.2) is 49.3 Å². The molecule has 0 atom stereocenters. The van der Waals surface area contributed by atoms with E-state index in [0.717, 1.165) is 18.7 Å². The highest BCUT2D eigenvalue weighted by atomic mass is 32.3. The molecule has 0 spiro atoms. The summed E-state index contributed by atoms with van der Waals surface area (Å²) in [6.45, 7) is 0. The summed E-state index contributed by atoms with van der Waals surface area (Å²) < 4.78 is 209. The van der Waals surface area contributed by atoms with Gasteiger partial charge in [0.1, 0.15) is 12.4 Å². The molecule has 25 heteroatoms. The third-order valence-corrected chi connectivity index (χ3v) is 7.40. The first kappa shape index (κ1) is 31.1. The summed E-state index contributed by atoms with van der Waals surface area (Å²) in [6.07, 6.45) is -0.947. The summed E-state index contributed by atoms with van der Waals surface area (Å²) in [5.41, 5.74) is -19.9. The number of alkyl halides is 13. The minimum absolute atomic E-state index is 0.123. The summed E-state index contributed by atoms with van der Waals surface area (Å²) in [6, 6.07) is -4.12. The van der Waals surface area contributed by atoms with Gasteiger partial charge in [0.15, 0.2) is 0 Å². The zero-order valence-electron chi connectivity index (χ0n) is 14.3. The Bertz CT molecular complexity index is 1080. The van der Waals surface area contributed by atoms with Gasteiger partial charge in [-0.15, -0.1) is 7.54 Å². The maximum absolute atomic E-state index is 12.3. The van der Waals surface area contributed by atoms with Crippen LogP contribution in [0.4, 0.5) is 57.1 Å². The molecule has 0 aliphatic carbocycles. The number of sulfonamides is 2. The van der Waals surface area contributed by atoms with Gasteiger partial charge in [-0.05, 0) is 0 Å². The zero-order chi connectivity index (χ0) is 26.9. The van der Waals surface area contributed by atoms with Crippen LogP contribution in [0.15, 0.2) is 26.3 Å². The molecule has 0 aliphatic rings. The quantitative estimate of drug-likeness (QED) is 0.432. The third kappa shape index (κ3) is 7.56. The SMILES string of the molecule is FC(F)C(F)(F)[n+]1cc[nH]c1.O=S(=O)(N=S([O-])(=NS(=O)(=O)C(F)(F)F)C(F)(F)F)C(F)(F)F. The molecule has 1 aromatic heterocycles. The van der Waals surface area contributed by atoms with Gasteiger partial charge in [0.25, 0.3) is 0 Å². The molecule has 0 saturated heterocycles. The van der Waals surface area contributed by atoms with E-state index in [1.165, 1.54) is 0 Å². The Hall–Kier alpha value is -1.89. The Morgan fingerprint density at radius 1 is 0.758 bits per heavy atom. The second-order valence-electron chi connectivity index (χ2n) is 4.84. The molecule has 0 aliphatic heterocycles. The van der Waals surface area contributed by atoms with Gasteiger partial charge in [0.05, 0.1) is 0 Å². The molecular formula is C8H5F13N4O5S3. The number of hydrogen-bond donors (Lipinski definition) is 1. The minimum Gasteiger partial charge on any atom is -0.772 e. The van der Waals surface area contributed by atoms with E-state index in [-0.39, 0.29) is 4.57 Å². The monoisotopic (exact) mass is 580 g/mol. The van der Waals surface area contributed by atoms with Gasteiger partial charge in [-0.25, -0.2) is 0 Å². The molecule has 0 amide bonds. The third-order valence-electron chi connectivity index (χ3n) is 2.44. The molecule has 0 unspecified atom stereocenters. The van der Waals surface area contributed by atoms with Gasteiger partial charge < -0.3 is 4.55 Å². The van der Waals surface area contributed by atoms with Crippen LogP contribution in [0.3, 0.4) is 0 Å². The lowest BCUT2D eigenvalue weighted by molar-refractivity contribution is -0.833. The Morgan fingerprint density at radius 3 is 1.33 bits per heavy atom. The van der Waals surface area contributed by atoms with Gasteiger partial charge in [-0.2, -0.15) is 78.5 Å². The highest BCUT2D eigenvalue weighted by Gasteiger charge is 2.51. The van der Waals surface area contributed by atoms with Crippen molar-refractivity contribution in [3.05, 3.63) is 18.7 Å². The Labute approximate surface area is 174 Å². The number of H-pyrrole nitrogens is 1. The van der Waals surface area contributed by atoms with E-state index in [2.05, 4.69) is 4.98 Å². The van der Waals surface area contributed by atoms with E-state index in [9.17, 15) is 78.5 Å². The van der Waals surface area contributed by atoms with Crippen molar-refractivity contribution >= 4 is 29.9 Å². The smallest absolute Gasteiger partial charge is 0.519 e. The Morgan fingerprint density at radius 2 is 1.12 bits per heavy atom. The van der Waals surface area contributed by atoms with Crippen LogP contribution < -0.4 is 4.57 Å². The molecule has 1 heterocycles. The van der Waals surface area contributed by atoms with Crippen LogP contribution in [0.2, 0.25) is 0 Å². The van der Waals surface area contributed by atoms with Crippen LogP contribution in [0.5, 0.6) is 0 Å². The van der Waals surface area contributed by atoms with Crippen LogP contribution in [-0.2, 0) is 36.0 Å². The number of nitrogens with one attached hydrogen (secondary N) is 1. The first-order valence-electron chi connectivity index (χ1n) is 6.63. The van der Waals surface area contributed by atoms with Crippen LogP contribution in [0, 0.1) is 0 Å². The number of imidazole rings is 1. The molecule has 1 N–H and O–H groups in total. The van der Waals surface area contributed by atoms with Crippen molar-refractivity contribution in [1.82, 2.24) is 4.98 Å². The van der Waals surface area contributed by atoms with Gasteiger partial charge in [-0.3, -0.25) is 4.98 Å². The van der Waals surface area contributed by atoms with Gasteiger partial charge in [0.2, 0.25) is 6.33 Å². The standard InChI is InChI=1S/C5H4F4N2.C3F9N2O5S3/c6-4(7)5(8,9)11-2-1-10-3-11;4-1(5,6)20(15,13-21(16,17)2(7,8)9)14-22(18,19)3(10,11)12/h1-4H;/q;-1/p+1. The summed E-state index contributed by atoms with van der Waals surface area (Å²) in [5.74, 6) is 0. The van der Waals surface area contributed by atoms with E-state index in [1.54, 1.807) is 0 Å². The Balaban J connectivity index is 0.000000771. The average molecular weight is 580 g/mol. The number of hydrogen-bond acceptors (Lipinski definition) is 5. The summed E-state index contributed by atoms with van der Waals surface area (Å²) >= 11 is 0. The predicted molar refractivity (Wildman–Crippen MR) is 76.2 cm³/mol. The fourth-order valence-corrected chi connectivity index (χ4v) is 4.87. The maximum atomic E-state index is 12.3. The van der Waals surface area contributed by atoms with Crippen molar-refractivity contribution in [3.8, 4) is 0 Å². The molecule has 0 fully saturated rings. The topological polar surface area (TPSA) is 136 Å². The van der Waals surface area contributed by atoms with Crippen molar-refractivity contribution in [2.75, 3.05) is 0 Å². The van der Waals surface area contributed by atoms with Crippen molar-refractivity contribution in [2.45, 2.75) is 29.0 Å². The van der Waals surface area contributed by atoms with E-state index in [0.29, 0.717) is 7.54 Å². The highest BCUT2D eigenvalue weighted by Crippen LogP contribution is 2.35. The van der Waals surface area contributed by atoms with Crippen LogP contribution in [0.25, 0.3) is 0 Å². The minimum atomic E-state index is -7.35. The fourth-order valence-electron chi connectivity index (χ4n) is 1.04. The van der Waals surface area contributed by atoms with Crippen molar-refractivity contribution in [2.24, 2.45) is 7.54 Å². The number of rotatable bonds is 4. The number of aromatic nitrogens is 2. The van der Waals surface area contributed by atoms with E-state index >= 15 is 0 Å². The number of nitrogens with zero attached hydrogens (tertiary/aromatic N) is 3. The highest BCUT2D eigenvalue weighted by molar-refractivity contribution is 8.07. The summed E-state index contributed by atoms with van der Waals surface area (Å²) in [4.78, 5) is 2.24. The lowest BCUT2D eigenvalue weighted by Crippen LogP contribution is -2.53. The molecule has 0 radical (unpaired) electrons. The molecular weight excluding hydrogens is 575 g/mol. The van der Waals surface area contributed by atoms with Crippen molar-refractivity contribution in [1.29, 1.82) is 0 Å². The Kier molecular flexibility index (Phi) is 8.86. The molecule has 196 valence electrons. The van der Waals surface area contributed by atoms with E-state index in [1.807, 2.05) is 0 Å². The first-order valence-corrected chi connectivity index (χ1v) is 11.0. The molecule has 0 saturated carbocycles. The zero-order valence-corrected chi connectivity index (χ0v) is 16.8. The molecule has 1 rings (SSSR count). The molecule has 33 heavy (non-hydrogen) atoms. The largest absolute Gasteiger partial charge is 0.772 e. The lowest BCUT2D eigenvalue weighted by Gasteiger charge is -2.23. The number of aromatic amines is 1. The summed E-state index contributed by atoms with van der Waals surface area (Å²) in [5, 5.41) is 0. The number of halogens is 13. The fraction of sp³-hybridized carbons (Fsp3) is 0.625. The van der Waals surface area contributed by atoms with Crippen molar-refractivity contribution < 1.29 is 83.0 Å². The van der Waals surface area contributed by atoms with Crippen molar-refractivity contribution in [3.63, 3.8) is 0 Å². The normalized spacial score (nSPS) is 14.5. The second kappa shape index (κ2) is 9.40. The molecule has 1 aromatic rings. The van der Waals surface area contributed by atoms with Crippen LogP contribution in [0.1, 0.15) is 0 Å². The first-order chi connectivity index (χ1) is 14.2. The van der Waals surface area contributed by atoms with Gasteiger partial charge in [-0.1, -0.05) is 0 Å². The summed E-state index contributed by atoms with van der Waals surface area (Å²) in [7, 11) is -21.9. The van der Waals surface area contributed by atoms with Crippen LogP contribution >= 0.6 is 0 Å². The van der Waals surface area contributed by atoms with E-state index < -0.39 is 58.9 Å². The molecule has 9 nitrogen and oxygen atoms in total. The second-order valence-corrected chi connectivity index (χ2v) is 10.3. The van der Waals surface area contributed by atoms with E-state index in [4.69, 9.17) is 0 Å². The molecule has 0 bridgehead atoms. The molecule has 0 aromatic carbocycles. The van der Waals surface area contributed by atoms with Gasteiger partial charge >= 0.3 is 49.0 Å².